The van der Waals surface area contributed by atoms with Crippen LogP contribution < -0.4 is 10.1 Å². The topological polar surface area (TPSA) is 78.9 Å². The van der Waals surface area contributed by atoms with Gasteiger partial charge >= 0.3 is 5.97 Å². The fourth-order valence-electron chi connectivity index (χ4n) is 3.32. The van der Waals surface area contributed by atoms with Gasteiger partial charge in [-0.05, 0) is 37.2 Å². The maximum absolute atomic E-state index is 12.4. The summed E-state index contributed by atoms with van der Waals surface area (Å²) in [5.74, 6) is -1.37. The Morgan fingerprint density at radius 3 is 2.25 bits per heavy atom. The van der Waals surface area contributed by atoms with Crippen LogP contribution in [0.2, 0.25) is 0 Å². The van der Waals surface area contributed by atoms with Crippen LogP contribution in [0.25, 0.3) is 0 Å². The van der Waals surface area contributed by atoms with Crippen molar-refractivity contribution in [2.24, 2.45) is 17.3 Å². The van der Waals surface area contributed by atoms with Crippen LogP contribution in [-0.4, -0.2) is 49.6 Å². The first-order chi connectivity index (χ1) is 11.2. The molecule has 0 unspecified atom stereocenters. The first-order valence-corrected chi connectivity index (χ1v) is 8.01. The van der Waals surface area contributed by atoms with Crippen LogP contribution in [0.1, 0.15) is 25.5 Å². The number of hydrogen-bond acceptors (Lipinski definition) is 4. The normalized spacial score (nSPS) is 22.8. The highest BCUT2D eigenvalue weighted by molar-refractivity contribution is 5.91. The van der Waals surface area contributed by atoms with Gasteiger partial charge < -0.3 is 20.1 Å². The average Bonchev–Trinajstić information content (AvgIpc) is 3.10. The van der Waals surface area contributed by atoms with Gasteiger partial charge in [-0.3, -0.25) is 9.59 Å². The van der Waals surface area contributed by atoms with E-state index in [4.69, 9.17) is 4.74 Å². The molecule has 0 aromatic heterocycles. The standard InChI is InChI=1S/C18H26N2O4/c1-18(2)14(15(18)17(22)23)16(21)19-10-13(20(3)4)11-6-8-12(24-5)9-7-11/h6-9,13-15H,10H2,1-5H3,(H,19,21)(H,22,23)/t13-,14+,15-/m0/s1. The Bertz CT molecular complexity index is 610. The molecule has 1 aromatic carbocycles. The second-order valence-corrected chi connectivity index (χ2v) is 7.11. The molecule has 2 rings (SSSR count). The van der Waals surface area contributed by atoms with E-state index in [1.807, 2.05) is 57.1 Å². The Morgan fingerprint density at radius 2 is 1.83 bits per heavy atom. The molecule has 1 aliphatic rings. The predicted octanol–water partition coefficient (Wildman–Crippen LogP) is 1.77. The molecule has 6 heteroatoms. The van der Waals surface area contributed by atoms with Gasteiger partial charge in [0, 0.05) is 6.54 Å². The fraction of sp³-hybridized carbons (Fsp3) is 0.556. The summed E-state index contributed by atoms with van der Waals surface area (Å²) in [4.78, 5) is 25.6. The highest BCUT2D eigenvalue weighted by Crippen LogP contribution is 2.58. The van der Waals surface area contributed by atoms with Crippen molar-refractivity contribution < 1.29 is 19.4 Å². The molecule has 0 radical (unpaired) electrons. The van der Waals surface area contributed by atoms with Crippen LogP contribution in [-0.2, 0) is 9.59 Å². The number of ether oxygens (including phenoxy) is 1. The molecule has 0 spiro atoms. The summed E-state index contributed by atoms with van der Waals surface area (Å²) in [5, 5.41) is 12.1. The zero-order chi connectivity index (χ0) is 18.1. The van der Waals surface area contributed by atoms with Crippen molar-refractivity contribution in [3.63, 3.8) is 0 Å². The van der Waals surface area contributed by atoms with E-state index in [2.05, 4.69) is 5.32 Å². The van der Waals surface area contributed by atoms with Crippen LogP contribution in [0.15, 0.2) is 24.3 Å². The molecule has 1 amide bonds. The third kappa shape index (κ3) is 3.53. The van der Waals surface area contributed by atoms with Crippen molar-refractivity contribution in [1.82, 2.24) is 10.2 Å². The van der Waals surface area contributed by atoms with Crippen molar-refractivity contribution in [1.29, 1.82) is 0 Å². The molecular weight excluding hydrogens is 308 g/mol. The van der Waals surface area contributed by atoms with Gasteiger partial charge in [0.2, 0.25) is 5.91 Å². The molecule has 1 saturated carbocycles. The van der Waals surface area contributed by atoms with Gasteiger partial charge in [-0.2, -0.15) is 0 Å². The van der Waals surface area contributed by atoms with Gasteiger partial charge in [-0.1, -0.05) is 26.0 Å². The predicted molar refractivity (Wildman–Crippen MR) is 90.8 cm³/mol. The van der Waals surface area contributed by atoms with Gasteiger partial charge in [0.25, 0.3) is 0 Å². The summed E-state index contributed by atoms with van der Waals surface area (Å²) in [7, 11) is 5.51. The zero-order valence-corrected chi connectivity index (χ0v) is 14.9. The Kier molecular flexibility index (Phi) is 5.18. The molecule has 1 aromatic rings. The number of nitrogens with one attached hydrogen (secondary N) is 1. The first kappa shape index (κ1) is 18.3. The molecule has 2 N–H and O–H groups in total. The van der Waals surface area contributed by atoms with Gasteiger partial charge in [-0.15, -0.1) is 0 Å². The lowest BCUT2D eigenvalue weighted by atomic mass is 10.1. The molecule has 132 valence electrons. The molecule has 0 bridgehead atoms. The minimum absolute atomic E-state index is 0.00463. The maximum Gasteiger partial charge on any atom is 0.307 e. The number of benzene rings is 1. The summed E-state index contributed by atoms with van der Waals surface area (Å²) in [6.07, 6.45) is 0. The number of methoxy groups -OCH3 is 1. The molecule has 0 saturated heterocycles. The number of amides is 1. The third-order valence-electron chi connectivity index (χ3n) is 4.97. The molecule has 1 fully saturated rings. The Morgan fingerprint density at radius 1 is 1.25 bits per heavy atom. The van der Waals surface area contributed by atoms with E-state index in [1.54, 1.807) is 7.11 Å². The fourth-order valence-corrected chi connectivity index (χ4v) is 3.32. The maximum atomic E-state index is 12.4. The van der Waals surface area contributed by atoms with Crippen molar-refractivity contribution in [2.45, 2.75) is 19.9 Å². The first-order valence-electron chi connectivity index (χ1n) is 8.01. The lowest BCUT2D eigenvalue weighted by molar-refractivity contribution is -0.140. The quantitative estimate of drug-likeness (QED) is 0.794. The van der Waals surface area contributed by atoms with Crippen LogP contribution in [0.3, 0.4) is 0 Å². The van der Waals surface area contributed by atoms with E-state index in [9.17, 15) is 14.7 Å². The largest absolute Gasteiger partial charge is 0.497 e. The highest BCUT2D eigenvalue weighted by atomic mass is 16.5. The summed E-state index contributed by atoms with van der Waals surface area (Å²) in [6, 6.07) is 7.72. The van der Waals surface area contributed by atoms with E-state index in [-0.39, 0.29) is 11.9 Å². The van der Waals surface area contributed by atoms with Crippen LogP contribution in [0, 0.1) is 17.3 Å². The van der Waals surface area contributed by atoms with E-state index in [0.717, 1.165) is 11.3 Å². The minimum atomic E-state index is -0.903. The van der Waals surface area contributed by atoms with Gasteiger partial charge in [0.1, 0.15) is 5.75 Å². The number of aliphatic carboxylic acids is 1. The third-order valence-corrected chi connectivity index (χ3v) is 4.97. The zero-order valence-electron chi connectivity index (χ0n) is 14.9. The number of likely N-dealkylation sites (N-methyl/N-ethyl adjacent to an activating group) is 1. The van der Waals surface area contributed by atoms with E-state index in [0.29, 0.717) is 6.54 Å². The van der Waals surface area contributed by atoms with Crippen molar-refractivity contribution >= 4 is 11.9 Å². The Labute approximate surface area is 142 Å². The number of carboxylic acid groups (broad SMARTS) is 1. The molecule has 1 aliphatic carbocycles. The monoisotopic (exact) mass is 334 g/mol. The van der Waals surface area contributed by atoms with Gasteiger partial charge in [-0.25, -0.2) is 0 Å². The van der Waals surface area contributed by atoms with Crippen molar-refractivity contribution in [2.75, 3.05) is 27.7 Å². The molecule has 3 atom stereocenters. The Balaban J connectivity index is 2.02. The highest BCUT2D eigenvalue weighted by Gasteiger charge is 2.65. The number of nitrogens with zero attached hydrogens (tertiary/aromatic N) is 1. The number of hydrogen-bond donors (Lipinski definition) is 2. The van der Waals surface area contributed by atoms with Gasteiger partial charge in [0.15, 0.2) is 0 Å². The van der Waals surface area contributed by atoms with Crippen LogP contribution in [0.5, 0.6) is 5.75 Å². The lowest BCUT2D eigenvalue weighted by Gasteiger charge is -2.25. The summed E-state index contributed by atoms with van der Waals surface area (Å²) in [6.45, 7) is 4.07. The van der Waals surface area contributed by atoms with E-state index in [1.165, 1.54) is 0 Å². The Hall–Kier alpha value is -2.08. The molecule has 0 heterocycles. The van der Waals surface area contributed by atoms with Crippen molar-refractivity contribution in [3.05, 3.63) is 29.8 Å². The molecule has 0 aliphatic heterocycles. The van der Waals surface area contributed by atoms with Crippen molar-refractivity contribution in [3.8, 4) is 5.75 Å². The number of carbonyl (C=O) groups is 2. The smallest absolute Gasteiger partial charge is 0.307 e. The number of carboxylic acids is 1. The second kappa shape index (κ2) is 6.81. The lowest BCUT2D eigenvalue weighted by Crippen LogP contribution is -2.36. The summed E-state index contributed by atoms with van der Waals surface area (Å²) in [5.41, 5.74) is 0.579. The average molecular weight is 334 g/mol. The summed E-state index contributed by atoms with van der Waals surface area (Å²) < 4.78 is 5.17. The van der Waals surface area contributed by atoms with E-state index < -0.39 is 23.2 Å². The molecular formula is C18H26N2O4. The van der Waals surface area contributed by atoms with Crippen LogP contribution in [0.4, 0.5) is 0 Å². The second-order valence-electron chi connectivity index (χ2n) is 7.11. The molecule has 6 nitrogen and oxygen atoms in total. The molecule has 24 heavy (non-hydrogen) atoms. The SMILES string of the molecule is COc1ccc([C@H](CNC(=O)[C@H]2[C@@H](C(=O)O)C2(C)C)N(C)C)cc1. The number of carbonyl (C=O) groups excluding carboxylic acids is 1. The van der Waals surface area contributed by atoms with Crippen LogP contribution >= 0.6 is 0 Å². The summed E-state index contributed by atoms with van der Waals surface area (Å²) >= 11 is 0. The van der Waals surface area contributed by atoms with Gasteiger partial charge in [0.05, 0.1) is 25.0 Å². The number of rotatable bonds is 7. The van der Waals surface area contributed by atoms with E-state index >= 15 is 0 Å². The minimum Gasteiger partial charge on any atom is -0.497 e.